The summed E-state index contributed by atoms with van der Waals surface area (Å²) < 4.78 is 10.9. The summed E-state index contributed by atoms with van der Waals surface area (Å²) in [4.78, 5) is 0. The van der Waals surface area contributed by atoms with E-state index in [9.17, 15) is 0 Å². The highest BCUT2D eigenvalue weighted by Crippen LogP contribution is 2.12. The molecule has 0 aromatic rings. The van der Waals surface area contributed by atoms with Crippen molar-refractivity contribution in [3.05, 3.63) is 0 Å². The molecule has 2 heteroatoms. The number of ether oxygens (including phenoxy) is 2. The molecule has 2 nitrogen and oxygen atoms in total. The van der Waals surface area contributed by atoms with E-state index in [1.165, 1.54) is 6.42 Å². The fraction of sp³-hybridized carbons (Fsp3) is 0.714. The van der Waals surface area contributed by atoms with E-state index >= 15 is 0 Å². The Morgan fingerprint density at radius 1 is 1.19 bits per heavy atom. The van der Waals surface area contributed by atoms with Crippen LogP contribution in [-0.4, -0.2) is 19.5 Å². The largest absolute Gasteiger partial charge is 0.353 e. The lowest BCUT2D eigenvalue weighted by molar-refractivity contribution is -0.154. The Labute approximate surface area is 98.7 Å². The summed E-state index contributed by atoms with van der Waals surface area (Å²) >= 11 is 0. The SMILES string of the molecule is C#CCCCCC#CCOC1CCCCO1. The first-order valence-electron chi connectivity index (χ1n) is 6.06. The van der Waals surface area contributed by atoms with E-state index in [0.29, 0.717) is 6.61 Å². The van der Waals surface area contributed by atoms with E-state index in [2.05, 4.69) is 17.8 Å². The molecular formula is C14H20O2. The number of unbranched alkanes of at least 4 members (excludes halogenated alkanes) is 3. The summed E-state index contributed by atoms with van der Waals surface area (Å²) in [5.41, 5.74) is 0. The number of rotatable bonds is 5. The molecule has 0 bridgehead atoms. The molecule has 1 aliphatic rings. The molecule has 1 aliphatic heterocycles. The zero-order chi connectivity index (χ0) is 11.5. The molecule has 1 atom stereocenters. The summed E-state index contributed by atoms with van der Waals surface area (Å²) in [5, 5.41) is 0. The van der Waals surface area contributed by atoms with E-state index in [4.69, 9.17) is 15.9 Å². The fourth-order valence-electron chi connectivity index (χ4n) is 1.56. The number of hydrogen-bond acceptors (Lipinski definition) is 2. The molecule has 0 aromatic carbocycles. The number of hydrogen-bond donors (Lipinski definition) is 0. The van der Waals surface area contributed by atoms with Crippen LogP contribution in [0, 0.1) is 24.2 Å². The van der Waals surface area contributed by atoms with Gasteiger partial charge in [-0.25, -0.2) is 0 Å². The van der Waals surface area contributed by atoms with Crippen LogP contribution in [-0.2, 0) is 9.47 Å². The molecule has 0 N–H and O–H groups in total. The molecule has 1 saturated heterocycles. The van der Waals surface area contributed by atoms with Gasteiger partial charge in [-0.3, -0.25) is 0 Å². The maximum Gasteiger partial charge on any atom is 0.158 e. The standard InChI is InChI=1S/C14H20O2/c1-2-3-4-5-6-7-9-12-15-14-11-8-10-13-16-14/h1,14H,3-6,8,10-13H2. The Bertz CT molecular complexity index is 261. The van der Waals surface area contributed by atoms with Crippen molar-refractivity contribution in [1.82, 2.24) is 0 Å². The quantitative estimate of drug-likeness (QED) is 0.524. The monoisotopic (exact) mass is 220 g/mol. The van der Waals surface area contributed by atoms with E-state index in [1.807, 2.05) is 0 Å². The maximum atomic E-state index is 5.48. The summed E-state index contributed by atoms with van der Waals surface area (Å²) in [5.74, 6) is 8.71. The second-order valence-corrected chi connectivity index (χ2v) is 3.87. The van der Waals surface area contributed by atoms with Crippen LogP contribution >= 0.6 is 0 Å². The van der Waals surface area contributed by atoms with Gasteiger partial charge in [-0.1, -0.05) is 5.92 Å². The van der Waals surface area contributed by atoms with Crippen molar-refractivity contribution in [2.24, 2.45) is 0 Å². The van der Waals surface area contributed by atoms with Gasteiger partial charge >= 0.3 is 0 Å². The van der Waals surface area contributed by atoms with E-state index in [0.717, 1.165) is 45.1 Å². The molecule has 1 fully saturated rings. The predicted octanol–water partition coefficient (Wildman–Crippen LogP) is 2.73. The molecule has 0 aliphatic carbocycles. The van der Waals surface area contributed by atoms with Gasteiger partial charge in [0.2, 0.25) is 0 Å². The van der Waals surface area contributed by atoms with E-state index in [1.54, 1.807) is 0 Å². The zero-order valence-electron chi connectivity index (χ0n) is 9.84. The van der Waals surface area contributed by atoms with Crippen LogP contribution in [0.25, 0.3) is 0 Å². The zero-order valence-corrected chi connectivity index (χ0v) is 9.84. The minimum absolute atomic E-state index is 0.0236. The van der Waals surface area contributed by atoms with Crippen molar-refractivity contribution in [3.8, 4) is 24.2 Å². The van der Waals surface area contributed by atoms with Gasteiger partial charge in [0.15, 0.2) is 6.29 Å². The van der Waals surface area contributed by atoms with Gasteiger partial charge in [-0.2, -0.15) is 0 Å². The van der Waals surface area contributed by atoms with Gasteiger partial charge in [0.25, 0.3) is 0 Å². The summed E-state index contributed by atoms with van der Waals surface area (Å²) in [6.07, 6.45) is 12.4. The summed E-state index contributed by atoms with van der Waals surface area (Å²) in [6.45, 7) is 1.31. The van der Waals surface area contributed by atoms with E-state index in [-0.39, 0.29) is 6.29 Å². The third-order valence-electron chi connectivity index (χ3n) is 2.48. The maximum absolute atomic E-state index is 5.48. The molecule has 0 radical (unpaired) electrons. The van der Waals surface area contributed by atoms with Crippen molar-refractivity contribution < 1.29 is 9.47 Å². The first-order valence-corrected chi connectivity index (χ1v) is 6.06. The van der Waals surface area contributed by atoms with Gasteiger partial charge < -0.3 is 9.47 Å². The Morgan fingerprint density at radius 2 is 2.06 bits per heavy atom. The first kappa shape index (κ1) is 13.1. The number of terminal acetylenes is 1. The molecule has 88 valence electrons. The lowest BCUT2D eigenvalue weighted by atomic mass is 10.2. The van der Waals surface area contributed by atoms with Gasteiger partial charge in [0.05, 0.1) is 0 Å². The molecule has 1 rings (SSSR count). The van der Waals surface area contributed by atoms with Gasteiger partial charge in [-0.15, -0.1) is 18.3 Å². The van der Waals surface area contributed by atoms with Crippen molar-refractivity contribution >= 4 is 0 Å². The second kappa shape index (κ2) is 9.28. The normalized spacial score (nSPS) is 19.6. The lowest BCUT2D eigenvalue weighted by Gasteiger charge is -2.21. The van der Waals surface area contributed by atoms with E-state index < -0.39 is 0 Å². The Balaban J connectivity index is 1.93. The molecule has 0 aromatic heterocycles. The second-order valence-electron chi connectivity index (χ2n) is 3.87. The molecule has 1 unspecified atom stereocenters. The van der Waals surface area contributed by atoms with Crippen LogP contribution in [0.1, 0.15) is 44.9 Å². The van der Waals surface area contributed by atoms with Gasteiger partial charge in [0.1, 0.15) is 6.61 Å². The molecule has 0 saturated carbocycles. The average Bonchev–Trinajstić information content (AvgIpc) is 2.34. The van der Waals surface area contributed by atoms with Crippen LogP contribution in [0.5, 0.6) is 0 Å². The highest BCUT2D eigenvalue weighted by atomic mass is 16.7. The van der Waals surface area contributed by atoms with Crippen molar-refractivity contribution in [1.29, 1.82) is 0 Å². The predicted molar refractivity (Wildman–Crippen MR) is 64.6 cm³/mol. The minimum Gasteiger partial charge on any atom is -0.353 e. The average molecular weight is 220 g/mol. The van der Waals surface area contributed by atoms with Crippen LogP contribution in [0.4, 0.5) is 0 Å². The minimum atomic E-state index is -0.0236. The van der Waals surface area contributed by atoms with Crippen molar-refractivity contribution in [2.75, 3.05) is 13.2 Å². The first-order chi connectivity index (χ1) is 7.93. The smallest absolute Gasteiger partial charge is 0.158 e. The fourth-order valence-corrected chi connectivity index (χ4v) is 1.56. The van der Waals surface area contributed by atoms with Crippen molar-refractivity contribution in [3.63, 3.8) is 0 Å². The topological polar surface area (TPSA) is 18.5 Å². The Kier molecular flexibility index (Phi) is 7.60. The highest BCUT2D eigenvalue weighted by molar-refractivity contribution is 4.99. The van der Waals surface area contributed by atoms with Crippen LogP contribution in [0.15, 0.2) is 0 Å². The summed E-state index contributed by atoms with van der Waals surface area (Å²) in [7, 11) is 0. The van der Waals surface area contributed by atoms with Gasteiger partial charge in [0, 0.05) is 19.4 Å². The molecule has 16 heavy (non-hydrogen) atoms. The molecule has 1 heterocycles. The Morgan fingerprint density at radius 3 is 2.81 bits per heavy atom. The van der Waals surface area contributed by atoms with Crippen LogP contribution in [0.3, 0.4) is 0 Å². The van der Waals surface area contributed by atoms with Gasteiger partial charge in [-0.05, 0) is 32.1 Å². The highest BCUT2D eigenvalue weighted by Gasteiger charge is 2.12. The van der Waals surface area contributed by atoms with Crippen molar-refractivity contribution in [2.45, 2.75) is 51.2 Å². The molecular weight excluding hydrogens is 200 g/mol. The Hall–Kier alpha value is -0.960. The third-order valence-corrected chi connectivity index (χ3v) is 2.48. The molecule has 0 spiro atoms. The van der Waals surface area contributed by atoms with Crippen LogP contribution < -0.4 is 0 Å². The summed E-state index contributed by atoms with van der Waals surface area (Å²) in [6, 6.07) is 0. The van der Waals surface area contributed by atoms with Crippen LogP contribution in [0.2, 0.25) is 0 Å². The molecule has 0 amide bonds. The third kappa shape index (κ3) is 6.51. The lowest BCUT2D eigenvalue weighted by Crippen LogP contribution is -2.22.